The van der Waals surface area contributed by atoms with E-state index in [1.807, 2.05) is 6.07 Å². The zero-order chi connectivity index (χ0) is 21.4. The Bertz CT molecular complexity index is 1250. The van der Waals surface area contributed by atoms with E-state index in [-0.39, 0.29) is 28.8 Å². The second kappa shape index (κ2) is 7.61. The molecule has 10 heteroatoms. The van der Waals surface area contributed by atoms with Crippen molar-refractivity contribution in [3.63, 3.8) is 0 Å². The molecule has 1 fully saturated rings. The number of aromatic carboxylic acids is 1. The largest absolute Gasteiger partial charge is 0.478 e. The topological polar surface area (TPSA) is 135 Å². The molecule has 0 saturated carbocycles. The van der Waals surface area contributed by atoms with Crippen LogP contribution in [-0.2, 0) is 11.8 Å². The smallest absolute Gasteiger partial charge is 0.337 e. The quantitative estimate of drug-likeness (QED) is 0.670. The summed E-state index contributed by atoms with van der Waals surface area (Å²) >= 11 is 0. The Labute approximate surface area is 171 Å². The predicted octanol–water partition coefficient (Wildman–Crippen LogP) is 2.10. The van der Waals surface area contributed by atoms with Gasteiger partial charge in [-0.1, -0.05) is 0 Å². The highest BCUT2D eigenvalue weighted by Crippen LogP contribution is 2.26. The molecule has 2 aromatic heterocycles. The van der Waals surface area contributed by atoms with Crippen LogP contribution in [0, 0.1) is 18.3 Å². The number of carboxylic acids is 1. The summed E-state index contributed by atoms with van der Waals surface area (Å²) in [5, 5.41) is 21.6. The van der Waals surface area contributed by atoms with Gasteiger partial charge < -0.3 is 15.2 Å². The predicted molar refractivity (Wildman–Crippen MR) is 108 cm³/mol. The Morgan fingerprint density at radius 1 is 1.37 bits per heavy atom. The van der Waals surface area contributed by atoms with E-state index in [0.29, 0.717) is 35.6 Å². The molecule has 4 rings (SSSR count). The zero-order valence-electron chi connectivity index (χ0n) is 16.5. The number of ether oxygens (including phenoxy) is 1. The van der Waals surface area contributed by atoms with Gasteiger partial charge in [-0.2, -0.15) is 10.2 Å². The highest BCUT2D eigenvalue weighted by atomic mass is 16.5. The number of imidazole rings is 1. The zero-order valence-corrected chi connectivity index (χ0v) is 16.5. The van der Waals surface area contributed by atoms with Crippen LogP contribution in [0.4, 0.5) is 11.6 Å². The van der Waals surface area contributed by atoms with Crippen molar-refractivity contribution in [1.29, 1.82) is 5.26 Å². The van der Waals surface area contributed by atoms with Crippen molar-refractivity contribution >= 4 is 28.8 Å². The summed E-state index contributed by atoms with van der Waals surface area (Å²) in [5.74, 6) is -0.910. The van der Waals surface area contributed by atoms with Crippen molar-refractivity contribution in [2.45, 2.75) is 25.8 Å². The SMILES string of the molecule is Cc1cc(C(=O)O)c(C#N)cc1Nc1ncc2c(n1)n(C1CCOCC1)c(=O)n2C. The minimum Gasteiger partial charge on any atom is -0.478 e. The monoisotopic (exact) mass is 408 g/mol. The number of nitriles is 1. The van der Waals surface area contributed by atoms with Crippen LogP contribution in [0.25, 0.3) is 11.2 Å². The van der Waals surface area contributed by atoms with Gasteiger partial charge in [0.15, 0.2) is 5.65 Å². The summed E-state index contributed by atoms with van der Waals surface area (Å²) in [4.78, 5) is 33.0. The summed E-state index contributed by atoms with van der Waals surface area (Å²) < 4.78 is 8.62. The molecule has 154 valence electrons. The molecule has 0 spiro atoms. The first-order valence-corrected chi connectivity index (χ1v) is 9.47. The molecule has 1 aromatic carbocycles. The van der Waals surface area contributed by atoms with E-state index in [1.165, 1.54) is 16.7 Å². The Morgan fingerprint density at radius 3 is 2.77 bits per heavy atom. The van der Waals surface area contributed by atoms with Crippen LogP contribution in [0.15, 0.2) is 23.1 Å². The van der Waals surface area contributed by atoms with E-state index in [9.17, 15) is 20.0 Å². The molecule has 0 amide bonds. The van der Waals surface area contributed by atoms with Crippen molar-refractivity contribution < 1.29 is 14.6 Å². The van der Waals surface area contributed by atoms with E-state index in [4.69, 9.17) is 4.74 Å². The molecule has 10 nitrogen and oxygen atoms in total. The number of hydrogen-bond donors (Lipinski definition) is 2. The van der Waals surface area contributed by atoms with Crippen molar-refractivity contribution in [1.82, 2.24) is 19.1 Å². The molecule has 3 aromatic rings. The average Bonchev–Trinajstić information content (AvgIpc) is 2.99. The van der Waals surface area contributed by atoms with Crippen LogP contribution < -0.4 is 11.0 Å². The van der Waals surface area contributed by atoms with Gasteiger partial charge in [0.1, 0.15) is 11.6 Å². The minimum absolute atomic E-state index is 0.000484. The van der Waals surface area contributed by atoms with E-state index >= 15 is 0 Å². The molecule has 1 aliphatic rings. The van der Waals surface area contributed by atoms with Crippen LogP contribution in [-0.4, -0.2) is 43.4 Å². The van der Waals surface area contributed by atoms with Crippen LogP contribution in [0.1, 0.15) is 40.4 Å². The first-order valence-electron chi connectivity index (χ1n) is 9.47. The maximum Gasteiger partial charge on any atom is 0.337 e. The molecule has 30 heavy (non-hydrogen) atoms. The molecule has 0 radical (unpaired) electrons. The number of aromatic nitrogens is 4. The summed E-state index contributed by atoms with van der Waals surface area (Å²) in [6.07, 6.45) is 3.04. The Kier molecular flexibility index (Phi) is 4.97. The van der Waals surface area contributed by atoms with Gasteiger partial charge in [0.2, 0.25) is 5.95 Å². The summed E-state index contributed by atoms with van der Waals surface area (Å²) in [5.41, 5.74) is 2.11. The third-order valence-electron chi connectivity index (χ3n) is 5.35. The Hall–Kier alpha value is -3.71. The lowest BCUT2D eigenvalue weighted by atomic mass is 10.0. The maximum absolute atomic E-state index is 12.8. The lowest BCUT2D eigenvalue weighted by Gasteiger charge is -2.22. The van der Waals surface area contributed by atoms with Crippen molar-refractivity contribution in [3.8, 4) is 6.07 Å². The third kappa shape index (κ3) is 3.29. The van der Waals surface area contributed by atoms with Gasteiger partial charge in [0.25, 0.3) is 0 Å². The molecule has 3 heterocycles. The van der Waals surface area contributed by atoms with Gasteiger partial charge in [-0.25, -0.2) is 14.6 Å². The van der Waals surface area contributed by atoms with Crippen molar-refractivity contribution in [2.24, 2.45) is 7.05 Å². The Balaban J connectivity index is 1.77. The van der Waals surface area contributed by atoms with Gasteiger partial charge in [0.05, 0.1) is 17.3 Å². The standard InChI is InChI=1S/C20H20N6O4/c1-11-7-14(18(27)28)12(9-21)8-15(11)23-19-22-10-16-17(24-19)26(20(29)25(16)2)13-3-5-30-6-4-13/h7-8,10,13H,3-6H2,1-2H3,(H,27,28)(H,22,23,24). The lowest BCUT2D eigenvalue weighted by Crippen LogP contribution is -2.30. The highest BCUT2D eigenvalue weighted by Gasteiger charge is 2.23. The number of fused-ring (bicyclic) bond motifs is 1. The van der Waals surface area contributed by atoms with Crippen LogP contribution >= 0.6 is 0 Å². The molecule has 0 atom stereocenters. The number of benzene rings is 1. The van der Waals surface area contributed by atoms with Gasteiger partial charge in [0, 0.05) is 32.0 Å². The molecule has 0 bridgehead atoms. The summed E-state index contributed by atoms with van der Waals surface area (Å²) in [6.45, 7) is 2.92. The maximum atomic E-state index is 12.8. The molecular formula is C20H20N6O4. The number of anilines is 2. The minimum atomic E-state index is -1.16. The number of carbonyl (C=O) groups is 1. The van der Waals surface area contributed by atoms with E-state index in [2.05, 4.69) is 15.3 Å². The van der Waals surface area contributed by atoms with Crippen molar-refractivity contribution in [2.75, 3.05) is 18.5 Å². The van der Waals surface area contributed by atoms with Crippen LogP contribution in [0.2, 0.25) is 0 Å². The number of hydrogen-bond acceptors (Lipinski definition) is 7. The van der Waals surface area contributed by atoms with Crippen LogP contribution in [0.5, 0.6) is 0 Å². The molecule has 1 saturated heterocycles. The van der Waals surface area contributed by atoms with E-state index in [0.717, 1.165) is 12.8 Å². The van der Waals surface area contributed by atoms with Crippen molar-refractivity contribution in [3.05, 3.63) is 45.5 Å². The fourth-order valence-corrected chi connectivity index (χ4v) is 3.70. The average molecular weight is 408 g/mol. The number of nitrogens with zero attached hydrogens (tertiary/aromatic N) is 5. The lowest BCUT2D eigenvalue weighted by molar-refractivity contribution is 0.0692. The van der Waals surface area contributed by atoms with E-state index < -0.39 is 5.97 Å². The second-order valence-corrected chi connectivity index (χ2v) is 7.21. The molecular weight excluding hydrogens is 388 g/mol. The normalized spacial score (nSPS) is 14.6. The highest BCUT2D eigenvalue weighted by molar-refractivity contribution is 5.92. The fourth-order valence-electron chi connectivity index (χ4n) is 3.70. The van der Waals surface area contributed by atoms with Gasteiger partial charge in [-0.3, -0.25) is 9.13 Å². The number of rotatable bonds is 4. The van der Waals surface area contributed by atoms with Crippen LogP contribution in [0.3, 0.4) is 0 Å². The first kappa shape index (κ1) is 19.6. The Morgan fingerprint density at radius 2 is 2.10 bits per heavy atom. The van der Waals surface area contributed by atoms with Gasteiger partial charge in [-0.15, -0.1) is 0 Å². The number of carboxylic acid groups (broad SMARTS) is 1. The summed E-state index contributed by atoms with van der Waals surface area (Å²) in [7, 11) is 1.69. The molecule has 0 unspecified atom stereocenters. The number of aryl methyl sites for hydroxylation is 2. The fraction of sp³-hybridized carbons (Fsp3) is 0.350. The first-order chi connectivity index (χ1) is 14.4. The van der Waals surface area contributed by atoms with Gasteiger partial charge in [-0.05, 0) is 37.5 Å². The molecule has 1 aliphatic heterocycles. The molecule has 0 aliphatic carbocycles. The second-order valence-electron chi connectivity index (χ2n) is 7.21. The molecule has 2 N–H and O–H groups in total. The van der Waals surface area contributed by atoms with E-state index in [1.54, 1.807) is 24.7 Å². The van der Waals surface area contributed by atoms with Gasteiger partial charge >= 0.3 is 11.7 Å². The third-order valence-corrected chi connectivity index (χ3v) is 5.35. The number of nitrogens with one attached hydrogen (secondary N) is 1. The summed E-state index contributed by atoms with van der Waals surface area (Å²) in [6, 6.07) is 4.79.